The molecule has 0 saturated carbocycles. The lowest BCUT2D eigenvalue weighted by Crippen LogP contribution is -2.25. The summed E-state index contributed by atoms with van der Waals surface area (Å²) >= 11 is 0. The van der Waals surface area contributed by atoms with Crippen molar-refractivity contribution in [2.24, 2.45) is 0 Å². The van der Waals surface area contributed by atoms with Crippen LogP contribution in [-0.2, 0) is 13.0 Å². The zero-order valence-corrected chi connectivity index (χ0v) is 10.1. The van der Waals surface area contributed by atoms with Crippen molar-refractivity contribution < 1.29 is 8.81 Å². The fourth-order valence-electron chi connectivity index (χ4n) is 2.38. The first-order valence-electron chi connectivity index (χ1n) is 5.94. The van der Waals surface area contributed by atoms with E-state index in [0.717, 1.165) is 23.4 Å². The summed E-state index contributed by atoms with van der Waals surface area (Å²) < 4.78 is 19.7. The number of halogens is 1. The lowest BCUT2D eigenvalue weighted by Gasteiger charge is -2.22. The number of oxazole rings is 1. The molecule has 2 aromatic rings. The number of aromatic nitrogens is 1. The standard InChI is InChI=1S/C13H14FN3O/c1-15-11-6-9(13-17-4-5-18-13)12(14)8-2-3-16-7-10(8)11/h4-6,15-16H,2-3,7H2,1H3. The van der Waals surface area contributed by atoms with Crippen LogP contribution in [0.4, 0.5) is 10.1 Å². The van der Waals surface area contributed by atoms with Gasteiger partial charge in [-0.1, -0.05) is 0 Å². The molecule has 0 saturated heterocycles. The van der Waals surface area contributed by atoms with Crippen LogP contribution in [0.15, 0.2) is 22.9 Å². The number of nitrogens with one attached hydrogen (secondary N) is 2. The van der Waals surface area contributed by atoms with Gasteiger partial charge >= 0.3 is 0 Å². The molecule has 0 unspecified atom stereocenters. The molecule has 0 fully saturated rings. The molecule has 1 aliphatic rings. The average Bonchev–Trinajstić information content (AvgIpc) is 2.93. The number of hydrogen-bond acceptors (Lipinski definition) is 4. The maximum atomic E-state index is 14.5. The molecular weight excluding hydrogens is 233 g/mol. The summed E-state index contributed by atoms with van der Waals surface area (Å²) in [5.41, 5.74) is 3.10. The monoisotopic (exact) mass is 247 g/mol. The van der Waals surface area contributed by atoms with Gasteiger partial charge in [-0.25, -0.2) is 9.37 Å². The Labute approximate surface area is 104 Å². The van der Waals surface area contributed by atoms with Gasteiger partial charge in [0.15, 0.2) is 0 Å². The highest BCUT2D eigenvalue weighted by Gasteiger charge is 2.22. The largest absolute Gasteiger partial charge is 0.444 e. The van der Waals surface area contributed by atoms with E-state index in [1.807, 2.05) is 7.05 Å². The molecule has 1 aromatic heterocycles. The van der Waals surface area contributed by atoms with Gasteiger partial charge in [-0.15, -0.1) is 0 Å². The second kappa shape index (κ2) is 4.42. The predicted octanol–water partition coefficient (Wildman–Crippen LogP) is 2.17. The third kappa shape index (κ3) is 1.67. The third-order valence-corrected chi connectivity index (χ3v) is 3.27. The smallest absolute Gasteiger partial charge is 0.228 e. The first-order chi connectivity index (χ1) is 8.81. The fourth-order valence-corrected chi connectivity index (χ4v) is 2.38. The van der Waals surface area contributed by atoms with Crippen molar-refractivity contribution in [3.8, 4) is 11.5 Å². The van der Waals surface area contributed by atoms with Gasteiger partial charge in [0, 0.05) is 19.3 Å². The number of anilines is 1. The van der Waals surface area contributed by atoms with Crippen molar-refractivity contribution in [1.82, 2.24) is 10.3 Å². The predicted molar refractivity (Wildman–Crippen MR) is 66.9 cm³/mol. The Morgan fingerprint density at radius 1 is 1.44 bits per heavy atom. The summed E-state index contributed by atoms with van der Waals surface area (Å²) in [6.45, 7) is 1.48. The Kier molecular flexibility index (Phi) is 2.76. The van der Waals surface area contributed by atoms with E-state index in [1.54, 1.807) is 6.07 Å². The van der Waals surface area contributed by atoms with Gasteiger partial charge in [0.25, 0.3) is 0 Å². The summed E-state index contributed by atoms with van der Waals surface area (Å²) in [7, 11) is 1.83. The highest BCUT2D eigenvalue weighted by molar-refractivity contribution is 5.68. The lowest BCUT2D eigenvalue weighted by molar-refractivity contribution is 0.547. The fraction of sp³-hybridized carbons (Fsp3) is 0.308. The van der Waals surface area contributed by atoms with Crippen LogP contribution in [0.25, 0.3) is 11.5 Å². The molecule has 4 nitrogen and oxygen atoms in total. The molecule has 2 heterocycles. The van der Waals surface area contributed by atoms with Gasteiger partial charge < -0.3 is 15.1 Å². The highest BCUT2D eigenvalue weighted by Crippen LogP contribution is 2.33. The first-order valence-corrected chi connectivity index (χ1v) is 5.94. The van der Waals surface area contributed by atoms with Crippen molar-refractivity contribution in [2.45, 2.75) is 13.0 Å². The summed E-state index contributed by atoms with van der Waals surface area (Å²) in [6, 6.07) is 1.76. The van der Waals surface area contributed by atoms with Gasteiger partial charge in [-0.05, 0) is 30.2 Å². The molecule has 5 heteroatoms. The minimum absolute atomic E-state index is 0.215. The number of hydrogen-bond donors (Lipinski definition) is 2. The van der Waals surface area contributed by atoms with Crippen LogP contribution >= 0.6 is 0 Å². The zero-order valence-electron chi connectivity index (χ0n) is 10.1. The average molecular weight is 247 g/mol. The van der Waals surface area contributed by atoms with Gasteiger partial charge in [-0.2, -0.15) is 0 Å². The molecule has 0 atom stereocenters. The maximum Gasteiger partial charge on any atom is 0.228 e. The minimum atomic E-state index is -0.215. The van der Waals surface area contributed by atoms with Gasteiger partial charge in [0.2, 0.25) is 5.89 Å². The van der Waals surface area contributed by atoms with Crippen LogP contribution in [-0.4, -0.2) is 18.6 Å². The second-order valence-electron chi connectivity index (χ2n) is 4.26. The van der Waals surface area contributed by atoms with E-state index in [0.29, 0.717) is 24.4 Å². The number of rotatable bonds is 2. The summed E-state index contributed by atoms with van der Waals surface area (Å²) in [5, 5.41) is 6.36. The van der Waals surface area contributed by atoms with Crippen LogP contribution in [0.2, 0.25) is 0 Å². The highest BCUT2D eigenvalue weighted by atomic mass is 19.1. The second-order valence-corrected chi connectivity index (χ2v) is 4.26. The van der Waals surface area contributed by atoms with E-state index in [2.05, 4.69) is 15.6 Å². The molecule has 0 amide bonds. The van der Waals surface area contributed by atoms with Crippen molar-refractivity contribution >= 4 is 5.69 Å². The van der Waals surface area contributed by atoms with E-state index in [9.17, 15) is 4.39 Å². The molecule has 0 spiro atoms. The van der Waals surface area contributed by atoms with E-state index in [-0.39, 0.29) is 5.82 Å². The SMILES string of the molecule is CNc1cc(-c2ncco2)c(F)c2c1CNCC2. The van der Waals surface area contributed by atoms with Crippen molar-refractivity contribution in [3.05, 3.63) is 35.5 Å². The molecular formula is C13H14FN3O. The van der Waals surface area contributed by atoms with Gasteiger partial charge in [-0.3, -0.25) is 0 Å². The molecule has 1 aliphatic heterocycles. The summed E-state index contributed by atoms with van der Waals surface area (Å²) in [6.07, 6.45) is 3.66. The Morgan fingerprint density at radius 3 is 3.06 bits per heavy atom. The molecule has 0 bridgehead atoms. The molecule has 0 radical (unpaired) electrons. The van der Waals surface area contributed by atoms with Crippen molar-refractivity contribution in [3.63, 3.8) is 0 Å². The van der Waals surface area contributed by atoms with E-state index < -0.39 is 0 Å². The van der Waals surface area contributed by atoms with E-state index >= 15 is 0 Å². The number of nitrogens with zero attached hydrogens (tertiary/aromatic N) is 1. The maximum absolute atomic E-state index is 14.5. The molecule has 0 aliphatic carbocycles. The number of benzene rings is 1. The molecule has 18 heavy (non-hydrogen) atoms. The van der Waals surface area contributed by atoms with Crippen LogP contribution in [0.1, 0.15) is 11.1 Å². The van der Waals surface area contributed by atoms with Crippen LogP contribution in [0.3, 0.4) is 0 Å². The third-order valence-electron chi connectivity index (χ3n) is 3.27. The topological polar surface area (TPSA) is 50.1 Å². The van der Waals surface area contributed by atoms with Crippen molar-refractivity contribution in [1.29, 1.82) is 0 Å². The Bertz CT molecular complexity index is 566. The van der Waals surface area contributed by atoms with Crippen LogP contribution in [0, 0.1) is 5.82 Å². The van der Waals surface area contributed by atoms with Gasteiger partial charge in [0.1, 0.15) is 12.1 Å². The normalized spacial score (nSPS) is 14.3. The van der Waals surface area contributed by atoms with Crippen LogP contribution < -0.4 is 10.6 Å². The Morgan fingerprint density at radius 2 is 2.33 bits per heavy atom. The number of fused-ring (bicyclic) bond motifs is 1. The van der Waals surface area contributed by atoms with Crippen molar-refractivity contribution in [2.75, 3.05) is 18.9 Å². The molecule has 2 N–H and O–H groups in total. The Balaban J connectivity index is 2.22. The molecule has 1 aromatic carbocycles. The first kappa shape index (κ1) is 11.2. The van der Waals surface area contributed by atoms with Gasteiger partial charge in [0.05, 0.1) is 11.8 Å². The minimum Gasteiger partial charge on any atom is -0.444 e. The van der Waals surface area contributed by atoms with E-state index in [1.165, 1.54) is 12.5 Å². The summed E-state index contributed by atoms with van der Waals surface area (Å²) in [5.74, 6) is 0.110. The quantitative estimate of drug-likeness (QED) is 0.854. The molecule has 3 rings (SSSR count). The van der Waals surface area contributed by atoms with Crippen LogP contribution in [0.5, 0.6) is 0 Å². The zero-order chi connectivity index (χ0) is 12.5. The summed E-state index contributed by atoms with van der Waals surface area (Å²) in [4.78, 5) is 4.02. The molecule has 94 valence electrons. The lowest BCUT2D eigenvalue weighted by atomic mass is 9.95. The Hall–Kier alpha value is -1.88. The van der Waals surface area contributed by atoms with E-state index in [4.69, 9.17) is 4.42 Å².